The van der Waals surface area contributed by atoms with Crippen molar-refractivity contribution >= 4 is 27.9 Å². The van der Waals surface area contributed by atoms with Crippen LogP contribution in [0, 0.1) is 5.92 Å². The van der Waals surface area contributed by atoms with Gasteiger partial charge in [0.2, 0.25) is 0 Å². The summed E-state index contributed by atoms with van der Waals surface area (Å²) < 4.78 is 10.9. The Bertz CT molecular complexity index is 511. The molecule has 1 unspecified atom stereocenters. The van der Waals surface area contributed by atoms with Gasteiger partial charge in [0.25, 0.3) is 0 Å². The van der Waals surface area contributed by atoms with Gasteiger partial charge in [-0.15, -0.1) is 0 Å². The summed E-state index contributed by atoms with van der Waals surface area (Å²) in [6, 6.07) is 7.37. The summed E-state index contributed by atoms with van der Waals surface area (Å²) in [4.78, 5) is 24.1. The molecule has 1 atom stereocenters. The first-order valence-corrected chi connectivity index (χ1v) is 7.36. The Balaban J connectivity index is 2.92. The average Bonchev–Trinajstić information content (AvgIpc) is 2.34. The van der Waals surface area contributed by atoms with Crippen molar-refractivity contribution in [2.75, 3.05) is 6.73 Å². The van der Waals surface area contributed by atoms with Crippen molar-refractivity contribution in [1.29, 1.82) is 0 Å². The normalized spacial score (nSPS) is 12.6. The Morgan fingerprint density at radius 3 is 2.48 bits per heavy atom. The molecule has 0 saturated carbocycles. The van der Waals surface area contributed by atoms with Crippen LogP contribution in [0.3, 0.4) is 0 Å². The second-order valence-corrected chi connectivity index (χ2v) is 6.47. The maximum Gasteiger partial charge on any atom is 0.321 e. The number of hydrogen-bond acceptors (Lipinski definition) is 5. The third kappa shape index (κ3) is 6.27. The van der Waals surface area contributed by atoms with Crippen LogP contribution in [0.15, 0.2) is 28.7 Å². The number of esters is 2. The largest absolute Gasteiger partial charge is 0.459 e. The first kappa shape index (κ1) is 17.7. The van der Waals surface area contributed by atoms with Gasteiger partial charge in [-0.05, 0) is 44.9 Å². The number of rotatable bonds is 5. The summed E-state index contributed by atoms with van der Waals surface area (Å²) in [6.45, 7) is 4.97. The zero-order valence-corrected chi connectivity index (χ0v) is 14.0. The number of carbonyl (C=O) groups excluding carboxylic acids is 2. The van der Waals surface area contributed by atoms with Crippen LogP contribution in [0.2, 0.25) is 0 Å². The minimum absolute atomic E-state index is 0.202. The highest BCUT2D eigenvalue weighted by Crippen LogP contribution is 2.19. The molecule has 2 N–H and O–H groups in total. The highest BCUT2D eigenvalue weighted by atomic mass is 79.9. The fourth-order valence-electron chi connectivity index (χ4n) is 1.72. The molecule has 0 amide bonds. The van der Waals surface area contributed by atoms with Crippen LogP contribution in [0.25, 0.3) is 0 Å². The standard InChI is InChI=1S/C15H20BrNO4/c1-15(2,3)21-14(19)12(13(18)20-9-17)8-10-5-4-6-11(16)7-10/h4-7,12H,8-9,17H2,1-3H3. The third-order valence-corrected chi connectivity index (χ3v) is 3.02. The van der Waals surface area contributed by atoms with Crippen LogP contribution >= 0.6 is 15.9 Å². The van der Waals surface area contributed by atoms with Gasteiger partial charge in [0.15, 0.2) is 5.92 Å². The average molecular weight is 358 g/mol. The Labute approximate surface area is 132 Å². The number of halogens is 1. The Hall–Kier alpha value is -1.40. The van der Waals surface area contributed by atoms with Crippen molar-refractivity contribution in [2.24, 2.45) is 11.7 Å². The van der Waals surface area contributed by atoms with E-state index < -0.39 is 23.5 Å². The van der Waals surface area contributed by atoms with E-state index in [0.29, 0.717) is 0 Å². The molecule has 0 aliphatic rings. The van der Waals surface area contributed by atoms with E-state index in [-0.39, 0.29) is 13.2 Å². The lowest BCUT2D eigenvalue weighted by Crippen LogP contribution is -2.35. The summed E-state index contributed by atoms with van der Waals surface area (Å²) in [5, 5.41) is 0. The quantitative estimate of drug-likeness (QED) is 0.497. The number of hydrogen-bond donors (Lipinski definition) is 1. The van der Waals surface area contributed by atoms with E-state index in [4.69, 9.17) is 15.2 Å². The van der Waals surface area contributed by atoms with Crippen LogP contribution in [0.1, 0.15) is 26.3 Å². The molecule has 21 heavy (non-hydrogen) atoms. The molecule has 0 saturated heterocycles. The van der Waals surface area contributed by atoms with Gasteiger partial charge in [-0.25, -0.2) is 0 Å². The summed E-state index contributed by atoms with van der Waals surface area (Å²) in [5.41, 5.74) is 5.37. The number of carbonyl (C=O) groups is 2. The maximum absolute atomic E-state index is 12.2. The van der Waals surface area contributed by atoms with E-state index in [1.165, 1.54) is 0 Å². The zero-order chi connectivity index (χ0) is 16.0. The fourth-order valence-corrected chi connectivity index (χ4v) is 2.16. The molecular formula is C15H20BrNO4. The predicted octanol–water partition coefficient (Wildman–Crippen LogP) is 2.41. The van der Waals surface area contributed by atoms with Crippen molar-refractivity contribution in [2.45, 2.75) is 32.8 Å². The SMILES string of the molecule is CC(C)(C)OC(=O)C(Cc1cccc(Br)c1)C(=O)OCN. The molecule has 0 radical (unpaired) electrons. The first-order valence-electron chi connectivity index (χ1n) is 6.57. The van der Waals surface area contributed by atoms with Gasteiger partial charge in [0.1, 0.15) is 12.3 Å². The summed E-state index contributed by atoms with van der Waals surface area (Å²) in [7, 11) is 0. The van der Waals surface area contributed by atoms with Crippen molar-refractivity contribution in [3.8, 4) is 0 Å². The van der Waals surface area contributed by atoms with Gasteiger partial charge in [-0.1, -0.05) is 28.1 Å². The highest BCUT2D eigenvalue weighted by molar-refractivity contribution is 9.10. The van der Waals surface area contributed by atoms with Crippen LogP contribution in [0.4, 0.5) is 0 Å². The lowest BCUT2D eigenvalue weighted by molar-refractivity contribution is -0.169. The topological polar surface area (TPSA) is 78.6 Å². The number of benzene rings is 1. The van der Waals surface area contributed by atoms with Crippen LogP contribution in [-0.2, 0) is 25.5 Å². The zero-order valence-electron chi connectivity index (χ0n) is 12.4. The molecule has 0 aromatic heterocycles. The highest BCUT2D eigenvalue weighted by Gasteiger charge is 2.32. The van der Waals surface area contributed by atoms with Gasteiger partial charge in [-0.2, -0.15) is 0 Å². The summed E-state index contributed by atoms with van der Waals surface area (Å²) >= 11 is 3.35. The Kier molecular flexibility index (Phi) is 6.36. The molecule has 5 nitrogen and oxygen atoms in total. The molecule has 0 aliphatic carbocycles. The van der Waals surface area contributed by atoms with Crippen LogP contribution in [0.5, 0.6) is 0 Å². The van der Waals surface area contributed by atoms with Gasteiger partial charge >= 0.3 is 11.9 Å². The Morgan fingerprint density at radius 2 is 1.95 bits per heavy atom. The molecule has 0 heterocycles. The van der Waals surface area contributed by atoms with Crippen LogP contribution < -0.4 is 5.73 Å². The van der Waals surface area contributed by atoms with Crippen molar-refractivity contribution in [3.63, 3.8) is 0 Å². The monoisotopic (exact) mass is 357 g/mol. The second-order valence-electron chi connectivity index (χ2n) is 5.55. The van der Waals surface area contributed by atoms with E-state index in [1.54, 1.807) is 20.8 Å². The summed E-state index contributed by atoms with van der Waals surface area (Å²) in [5.74, 6) is -2.31. The molecule has 6 heteroatoms. The van der Waals surface area contributed by atoms with Gasteiger partial charge in [-0.3, -0.25) is 15.3 Å². The molecule has 0 spiro atoms. The molecule has 1 rings (SSSR count). The molecule has 0 fully saturated rings. The predicted molar refractivity (Wildman–Crippen MR) is 82.3 cm³/mol. The molecule has 0 bridgehead atoms. The summed E-state index contributed by atoms with van der Waals surface area (Å²) in [6.07, 6.45) is 0.202. The minimum atomic E-state index is -1.03. The van der Waals surface area contributed by atoms with Crippen molar-refractivity contribution in [1.82, 2.24) is 0 Å². The van der Waals surface area contributed by atoms with Crippen molar-refractivity contribution < 1.29 is 19.1 Å². The van der Waals surface area contributed by atoms with Gasteiger partial charge in [0.05, 0.1) is 0 Å². The molecule has 1 aromatic carbocycles. The van der Waals surface area contributed by atoms with E-state index in [0.717, 1.165) is 10.0 Å². The first-order chi connectivity index (χ1) is 9.73. The number of ether oxygens (including phenoxy) is 2. The minimum Gasteiger partial charge on any atom is -0.459 e. The Morgan fingerprint density at radius 1 is 1.29 bits per heavy atom. The molecule has 0 aliphatic heterocycles. The van der Waals surface area contributed by atoms with E-state index in [9.17, 15) is 9.59 Å². The molecular weight excluding hydrogens is 338 g/mol. The smallest absolute Gasteiger partial charge is 0.321 e. The third-order valence-electron chi connectivity index (χ3n) is 2.53. The van der Waals surface area contributed by atoms with Gasteiger partial charge in [0, 0.05) is 4.47 Å². The lowest BCUT2D eigenvalue weighted by Gasteiger charge is -2.23. The fraction of sp³-hybridized carbons (Fsp3) is 0.467. The van der Waals surface area contributed by atoms with E-state index >= 15 is 0 Å². The molecule has 1 aromatic rings. The van der Waals surface area contributed by atoms with E-state index in [2.05, 4.69) is 15.9 Å². The van der Waals surface area contributed by atoms with Gasteiger partial charge < -0.3 is 9.47 Å². The lowest BCUT2D eigenvalue weighted by atomic mass is 9.99. The molecule has 116 valence electrons. The second kappa shape index (κ2) is 7.56. The van der Waals surface area contributed by atoms with Crippen LogP contribution in [-0.4, -0.2) is 24.3 Å². The maximum atomic E-state index is 12.2. The van der Waals surface area contributed by atoms with Crippen molar-refractivity contribution in [3.05, 3.63) is 34.3 Å². The van der Waals surface area contributed by atoms with E-state index in [1.807, 2.05) is 24.3 Å². The number of nitrogens with two attached hydrogens (primary N) is 1.